The van der Waals surface area contributed by atoms with Crippen molar-refractivity contribution >= 4 is 11.9 Å². The summed E-state index contributed by atoms with van der Waals surface area (Å²) >= 11 is 0. The first kappa shape index (κ1) is 15.2. The second kappa shape index (κ2) is 6.89. The second-order valence-corrected chi connectivity index (χ2v) is 4.61. The molecular weight excluding hydrogens is 248 g/mol. The number of hydrogen-bond donors (Lipinski definition) is 2. The third-order valence-electron chi connectivity index (χ3n) is 2.66. The van der Waals surface area contributed by atoms with Gasteiger partial charge < -0.3 is 15.3 Å². The van der Waals surface area contributed by atoms with Gasteiger partial charge >= 0.3 is 5.97 Å². The Labute approximate surface area is 112 Å². The Hall–Kier alpha value is -1.89. The van der Waals surface area contributed by atoms with E-state index in [1.807, 2.05) is 19.0 Å². The van der Waals surface area contributed by atoms with E-state index in [9.17, 15) is 9.59 Å². The summed E-state index contributed by atoms with van der Waals surface area (Å²) in [6.07, 6.45) is 2.35. The van der Waals surface area contributed by atoms with Crippen molar-refractivity contribution in [3.05, 3.63) is 18.0 Å². The lowest BCUT2D eigenvalue weighted by molar-refractivity contribution is -0.140. The van der Waals surface area contributed by atoms with Crippen LogP contribution in [-0.2, 0) is 4.79 Å². The average molecular weight is 268 g/mol. The lowest BCUT2D eigenvalue weighted by Gasteiger charge is -2.09. The summed E-state index contributed by atoms with van der Waals surface area (Å²) in [7, 11) is 3.94. The number of carboxylic acid groups (broad SMARTS) is 1. The summed E-state index contributed by atoms with van der Waals surface area (Å²) in [6, 6.07) is 0.732. The first-order valence-electron chi connectivity index (χ1n) is 6.12. The molecule has 1 amide bonds. The molecule has 0 saturated carbocycles. The highest BCUT2D eigenvalue weighted by Gasteiger charge is 2.16. The minimum absolute atomic E-state index is 0.234. The zero-order chi connectivity index (χ0) is 14.4. The van der Waals surface area contributed by atoms with Crippen LogP contribution in [0.15, 0.2) is 12.3 Å². The molecule has 0 aliphatic rings. The van der Waals surface area contributed by atoms with E-state index < -0.39 is 12.0 Å². The Balaban J connectivity index is 2.47. The maximum Gasteiger partial charge on any atom is 0.328 e. The molecule has 1 aromatic rings. The van der Waals surface area contributed by atoms with E-state index in [1.165, 1.54) is 23.9 Å². The highest BCUT2D eigenvalue weighted by molar-refractivity contribution is 5.92. The smallest absolute Gasteiger partial charge is 0.328 e. The molecule has 1 unspecified atom stereocenters. The van der Waals surface area contributed by atoms with Crippen molar-refractivity contribution in [2.24, 2.45) is 0 Å². The molecule has 106 valence electrons. The minimum Gasteiger partial charge on any atom is -0.480 e. The van der Waals surface area contributed by atoms with Gasteiger partial charge in [0, 0.05) is 12.7 Å². The lowest BCUT2D eigenvalue weighted by Crippen LogP contribution is -2.27. The molecule has 1 aromatic heterocycles. The van der Waals surface area contributed by atoms with Crippen molar-refractivity contribution in [3.8, 4) is 0 Å². The fraction of sp³-hybridized carbons (Fsp3) is 0.583. The summed E-state index contributed by atoms with van der Waals surface area (Å²) in [5, 5.41) is 15.5. The Bertz CT molecular complexity index is 442. The summed E-state index contributed by atoms with van der Waals surface area (Å²) in [5.74, 6) is -1.27. The van der Waals surface area contributed by atoms with Gasteiger partial charge in [-0.3, -0.25) is 9.48 Å². The number of nitrogens with one attached hydrogen (secondary N) is 1. The van der Waals surface area contributed by atoms with Crippen molar-refractivity contribution in [1.29, 1.82) is 0 Å². The van der Waals surface area contributed by atoms with Gasteiger partial charge in [0.15, 0.2) is 0 Å². The van der Waals surface area contributed by atoms with Crippen molar-refractivity contribution < 1.29 is 14.7 Å². The van der Waals surface area contributed by atoms with Crippen molar-refractivity contribution in [2.75, 3.05) is 27.2 Å². The molecule has 2 N–H and O–H groups in total. The zero-order valence-corrected chi connectivity index (χ0v) is 11.5. The standard InChI is InChI=1S/C12H20N4O3/c1-9(12(18)19)16-8-5-10(14-16)11(17)13-6-4-7-15(2)3/h5,8-9H,4,6-7H2,1-3H3,(H,13,17)(H,18,19). The van der Waals surface area contributed by atoms with Crippen LogP contribution in [0.3, 0.4) is 0 Å². The summed E-state index contributed by atoms with van der Waals surface area (Å²) in [5.41, 5.74) is 0.234. The molecule has 0 spiro atoms. The molecule has 1 rings (SSSR count). The van der Waals surface area contributed by atoms with Gasteiger partial charge in [-0.2, -0.15) is 5.10 Å². The number of nitrogens with zero attached hydrogens (tertiary/aromatic N) is 3. The molecule has 0 radical (unpaired) electrons. The number of hydrogen-bond acceptors (Lipinski definition) is 4. The van der Waals surface area contributed by atoms with E-state index in [1.54, 1.807) is 0 Å². The Morgan fingerprint density at radius 1 is 1.53 bits per heavy atom. The van der Waals surface area contributed by atoms with Crippen LogP contribution in [0, 0.1) is 0 Å². The number of rotatable bonds is 7. The van der Waals surface area contributed by atoms with E-state index in [0.717, 1.165) is 13.0 Å². The van der Waals surface area contributed by atoms with Gasteiger partial charge in [0.1, 0.15) is 11.7 Å². The van der Waals surface area contributed by atoms with E-state index in [-0.39, 0.29) is 11.6 Å². The second-order valence-electron chi connectivity index (χ2n) is 4.61. The Kier molecular flexibility index (Phi) is 5.50. The molecular formula is C12H20N4O3. The monoisotopic (exact) mass is 268 g/mol. The van der Waals surface area contributed by atoms with E-state index >= 15 is 0 Å². The molecule has 0 bridgehead atoms. The highest BCUT2D eigenvalue weighted by atomic mass is 16.4. The van der Waals surface area contributed by atoms with E-state index in [2.05, 4.69) is 10.4 Å². The average Bonchev–Trinajstić information content (AvgIpc) is 2.82. The molecule has 19 heavy (non-hydrogen) atoms. The van der Waals surface area contributed by atoms with Crippen LogP contribution in [-0.4, -0.2) is 58.8 Å². The van der Waals surface area contributed by atoms with Crippen LogP contribution in [0.2, 0.25) is 0 Å². The fourth-order valence-corrected chi connectivity index (χ4v) is 1.48. The van der Waals surface area contributed by atoms with Crippen LogP contribution in [0.25, 0.3) is 0 Å². The number of aliphatic carboxylic acids is 1. The summed E-state index contributed by atoms with van der Waals surface area (Å²) in [4.78, 5) is 24.6. The van der Waals surface area contributed by atoms with E-state index in [4.69, 9.17) is 5.11 Å². The van der Waals surface area contributed by atoms with Crippen LogP contribution < -0.4 is 5.32 Å². The van der Waals surface area contributed by atoms with E-state index in [0.29, 0.717) is 6.54 Å². The summed E-state index contributed by atoms with van der Waals surface area (Å²) < 4.78 is 1.26. The molecule has 0 aromatic carbocycles. The molecule has 1 heterocycles. The Morgan fingerprint density at radius 3 is 2.79 bits per heavy atom. The van der Waals surface area contributed by atoms with Gasteiger partial charge in [-0.1, -0.05) is 0 Å². The molecule has 7 heteroatoms. The fourth-order valence-electron chi connectivity index (χ4n) is 1.48. The topological polar surface area (TPSA) is 87.5 Å². The van der Waals surface area contributed by atoms with Gasteiger partial charge in [-0.15, -0.1) is 0 Å². The largest absolute Gasteiger partial charge is 0.480 e. The maximum atomic E-state index is 11.7. The molecule has 0 saturated heterocycles. The zero-order valence-electron chi connectivity index (χ0n) is 11.5. The first-order valence-corrected chi connectivity index (χ1v) is 6.12. The maximum absolute atomic E-state index is 11.7. The van der Waals surface area contributed by atoms with Crippen LogP contribution in [0.4, 0.5) is 0 Å². The van der Waals surface area contributed by atoms with Crippen molar-refractivity contribution in [1.82, 2.24) is 20.0 Å². The van der Waals surface area contributed by atoms with Gasteiger partial charge in [0.25, 0.3) is 5.91 Å². The lowest BCUT2D eigenvalue weighted by atomic mass is 10.3. The normalized spacial score (nSPS) is 12.4. The summed E-state index contributed by atoms with van der Waals surface area (Å²) in [6.45, 7) is 2.97. The predicted molar refractivity (Wildman–Crippen MR) is 70.1 cm³/mol. The Morgan fingerprint density at radius 2 is 2.21 bits per heavy atom. The molecule has 0 aliphatic carbocycles. The minimum atomic E-state index is -0.985. The van der Waals surface area contributed by atoms with Crippen molar-refractivity contribution in [2.45, 2.75) is 19.4 Å². The number of carboxylic acids is 1. The predicted octanol–water partition coefficient (Wildman–Crippen LogP) is 0.210. The molecule has 7 nitrogen and oxygen atoms in total. The third kappa shape index (κ3) is 4.70. The van der Waals surface area contributed by atoms with Crippen LogP contribution in [0.1, 0.15) is 29.9 Å². The van der Waals surface area contributed by atoms with Gasteiger partial charge in [-0.05, 0) is 40.1 Å². The van der Waals surface area contributed by atoms with Crippen molar-refractivity contribution in [3.63, 3.8) is 0 Å². The number of carbonyl (C=O) groups is 2. The van der Waals surface area contributed by atoms with Gasteiger partial charge in [0.2, 0.25) is 0 Å². The van der Waals surface area contributed by atoms with Crippen LogP contribution in [0.5, 0.6) is 0 Å². The molecule has 0 fully saturated rings. The molecule has 0 aliphatic heterocycles. The quantitative estimate of drug-likeness (QED) is 0.690. The van der Waals surface area contributed by atoms with Gasteiger partial charge in [-0.25, -0.2) is 4.79 Å². The molecule has 1 atom stereocenters. The van der Waals surface area contributed by atoms with Gasteiger partial charge in [0.05, 0.1) is 0 Å². The number of aromatic nitrogens is 2. The first-order chi connectivity index (χ1) is 8.91. The number of carbonyl (C=O) groups excluding carboxylic acids is 1. The highest BCUT2D eigenvalue weighted by Crippen LogP contribution is 2.05. The SMILES string of the molecule is CC(C(=O)O)n1ccc(C(=O)NCCCN(C)C)n1. The number of amides is 1. The third-order valence-corrected chi connectivity index (χ3v) is 2.66. The van der Waals surface area contributed by atoms with Crippen LogP contribution >= 0.6 is 0 Å².